The van der Waals surface area contributed by atoms with Gasteiger partial charge in [-0.1, -0.05) is 12.2 Å². The molecule has 0 aromatic heterocycles. The highest BCUT2D eigenvalue weighted by Crippen LogP contribution is 1.99. The monoisotopic (exact) mass is 404 g/mol. The summed E-state index contributed by atoms with van der Waals surface area (Å²) in [6.07, 6.45) is 3.09. The zero-order valence-electron chi connectivity index (χ0n) is 16.9. The van der Waals surface area contributed by atoms with Crippen LogP contribution in [0.15, 0.2) is 25.3 Å². The van der Waals surface area contributed by atoms with Gasteiger partial charge in [-0.3, -0.25) is 0 Å². The fraction of sp³-hybridized carbons (Fsp3) is 0.800. The Kier molecular flexibility index (Phi) is 17.5. The Balaban J connectivity index is 2.35. The lowest BCUT2D eigenvalue weighted by molar-refractivity contribution is -0.0964. The van der Waals surface area contributed by atoms with Crippen molar-refractivity contribution in [3.63, 3.8) is 0 Å². The van der Waals surface area contributed by atoms with E-state index in [9.17, 15) is 0 Å². The molecule has 8 nitrogen and oxygen atoms in total. The van der Waals surface area contributed by atoms with Crippen LogP contribution in [-0.2, 0) is 37.9 Å². The highest BCUT2D eigenvalue weighted by atomic mass is 16.6. The van der Waals surface area contributed by atoms with Crippen LogP contribution in [0.4, 0.5) is 0 Å². The molecule has 0 aromatic rings. The Hall–Kier alpha value is -0.840. The van der Waals surface area contributed by atoms with Gasteiger partial charge in [0.05, 0.1) is 92.5 Å². The van der Waals surface area contributed by atoms with Crippen LogP contribution in [0.1, 0.15) is 0 Å². The molecule has 1 heterocycles. The van der Waals surface area contributed by atoms with Gasteiger partial charge in [0, 0.05) is 0 Å². The van der Waals surface area contributed by atoms with Gasteiger partial charge in [0.1, 0.15) is 12.2 Å². The Labute approximate surface area is 168 Å². The van der Waals surface area contributed by atoms with Crippen molar-refractivity contribution in [2.24, 2.45) is 0 Å². The van der Waals surface area contributed by atoms with Crippen LogP contribution in [0.3, 0.4) is 0 Å². The minimum Gasteiger partial charge on any atom is -0.377 e. The highest BCUT2D eigenvalue weighted by Gasteiger charge is 2.12. The van der Waals surface area contributed by atoms with E-state index in [1.165, 1.54) is 0 Å². The van der Waals surface area contributed by atoms with Crippen LogP contribution in [0.25, 0.3) is 0 Å². The maximum atomic E-state index is 5.78. The van der Waals surface area contributed by atoms with Gasteiger partial charge in [0.15, 0.2) is 0 Å². The smallest absolute Gasteiger partial charge is 0.104 e. The topological polar surface area (TPSA) is 73.8 Å². The van der Waals surface area contributed by atoms with Crippen LogP contribution in [0.5, 0.6) is 0 Å². The second-order valence-corrected chi connectivity index (χ2v) is 6.01. The highest BCUT2D eigenvalue weighted by molar-refractivity contribution is 4.66. The second kappa shape index (κ2) is 19.5. The van der Waals surface area contributed by atoms with Crippen molar-refractivity contribution in [3.05, 3.63) is 25.3 Å². The summed E-state index contributed by atoms with van der Waals surface area (Å²) in [5.41, 5.74) is 0. The fourth-order valence-corrected chi connectivity index (χ4v) is 2.27. The maximum absolute atomic E-state index is 5.78. The minimum atomic E-state index is -0.159. The van der Waals surface area contributed by atoms with E-state index in [2.05, 4.69) is 13.2 Å². The molecule has 0 saturated carbocycles. The Morgan fingerprint density at radius 2 is 1.00 bits per heavy atom. The Morgan fingerprint density at radius 3 is 1.43 bits per heavy atom. The lowest BCUT2D eigenvalue weighted by atomic mass is 10.4. The molecule has 1 fully saturated rings. The summed E-state index contributed by atoms with van der Waals surface area (Å²) >= 11 is 0. The molecule has 0 bridgehead atoms. The van der Waals surface area contributed by atoms with E-state index < -0.39 is 0 Å². The quantitative estimate of drug-likeness (QED) is 0.442. The molecule has 2 atom stereocenters. The zero-order chi connectivity index (χ0) is 20.1. The van der Waals surface area contributed by atoms with Crippen LogP contribution in [-0.4, -0.2) is 105 Å². The van der Waals surface area contributed by atoms with E-state index in [0.717, 1.165) is 0 Å². The van der Waals surface area contributed by atoms with E-state index in [-0.39, 0.29) is 12.2 Å². The average Bonchev–Trinajstić information content (AvgIpc) is 2.70. The molecule has 0 N–H and O–H groups in total. The number of rotatable bonds is 8. The fourth-order valence-electron chi connectivity index (χ4n) is 2.27. The lowest BCUT2D eigenvalue weighted by Gasteiger charge is -2.20. The van der Waals surface area contributed by atoms with E-state index in [1.807, 2.05) is 0 Å². The van der Waals surface area contributed by atoms with Crippen molar-refractivity contribution in [1.29, 1.82) is 0 Å². The van der Waals surface area contributed by atoms with Crippen molar-refractivity contribution in [2.45, 2.75) is 12.2 Å². The standard InChI is InChI=1S/C20H36O8/c1-3-5-23-15-19-17-25-9-7-21-8-10-26-18-20(16-24-6-4-2)28-14-12-22-11-13-27-19/h3-4,19-20H,1-2,5-18H2. The first kappa shape index (κ1) is 25.2. The van der Waals surface area contributed by atoms with Crippen molar-refractivity contribution >= 4 is 0 Å². The van der Waals surface area contributed by atoms with Gasteiger partial charge in [-0.2, -0.15) is 0 Å². The van der Waals surface area contributed by atoms with Gasteiger partial charge in [-0.15, -0.1) is 13.2 Å². The normalized spacial score (nSPS) is 24.7. The van der Waals surface area contributed by atoms with Crippen molar-refractivity contribution < 1.29 is 37.9 Å². The summed E-state index contributed by atoms with van der Waals surface area (Å²) in [5.74, 6) is 0. The molecular formula is C20H36O8. The molecule has 1 rings (SSSR count). The van der Waals surface area contributed by atoms with E-state index >= 15 is 0 Å². The summed E-state index contributed by atoms with van der Waals surface area (Å²) in [7, 11) is 0. The van der Waals surface area contributed by atoms with Gasteiger partial charge in [-0.05, 0) is 0 Å². The molecule has 8 heteroatoms. The second-order valence-electron chi connectivity index (χ2n) is 6.01. The summed E-state index contributed by atoms with van der Waals surface area (Å²) in [6.45, 7) is 13.8. The molecule has 1 saturated heterocycles. The summed E-state index contributed by atoms with van der Waals surface area (Å²) < 4.78 is 44.8. The molecule has 28 heavy (non-hydrogen) atoms. The first-order chi connectivity index (χ1) is 13.9. The van der Waals surface area contributed by atoms with Gasteiger partial charge in [-0.25, -0.2) is 0 Å². The molecule has 0 radical (unpaired) electrons. The molecular weight excluding hydrogens is 368 g/mol. The summed E-state index contributed by atoms with van der Waals surface area (Å²) in [6, 6.07) is 0. The molecule has 0 amide bonds. The van der Waals surface area contributed by atoms with Gasteiger partial charge in [0.2, 0.25) is 0 Å². The van der Waals surface area contributed by atoms with Gasteiger partial charge in [0.25, 0.3) is 0 Å². The predicted octanol–water partition coefficient (Wildman–Crippen LogP) is 1.24. The van der Waals surface area contributed by atoms with E-state index in [0.29, 0.717) is 92.5 Å². The molecule has 0 aromatic carbocycles. The van der Waals surface area contributed by atoms with Crippen LogP contribution >= 0.6 is 0 Å². The average molecular weight is 405 g/mol. The van der Waals surface area contributed by atoms with Crippen molar-refractivity contribution in [3.8, 4) is 0 Å². The molecule has 164 valence electrons. The molecule has 1 aliphatic heterocycles. The van der Waals surface area contributed by atoms with Gasteiger partial charge >= 0.3 is 0 Å². The third kappa shape index (κ3) is 15.1. The van der Waals surface area contributed by atoms with E-state index in [1.54, 1.807) is 12.2 Å². The first-order valence-corrected chi connectivity index (χ1v) is 9.78. The largest absolute Gasteiger partial charge is 0.377 e. The van der Waals surface area contributed by atoms with Gasteiger partial charge < -0.3 is 37.9 Å². The van der Waals surface area contributed by atoms with Crippen molar-refractivity contribution in [1.82, 2.24) is 0 Å². The van der Waals surface area contributed by atoms with Crippen LogP contribution in [0.2, 0.25) is 0 Å². The SMILES string of the molecule is C=CCOCC1COCCOCCOCC(COCC=C)OCCOCCO1. The maximum Gasteiger partial charge on any atom is 0.104 e. The third-order valence-electron chi connectivity index (χ3n) is 3.59. The lowest BCUT2D eigenvalue weighted by Crippen LogP contribution is -2.30. The van der Waals surface area contributed by atoms with E-state index in [4.69, 9.17) is 37.9 Å². The third-order valence-corrected chi connectivity index (χ3v) is 3.59. The molecule has 0 spiro atoms. The number of hydrogen-bond acceptors (Lipinski definition) is 8. The predicted molar refractivity (Wildman–Crippen MR) is 105 cm³/mol. The molecule has 0 aliphatic carbocycles. The van der Waals surface area contributed by atoms with Crippen molar-refractivity contribution in [2.75, 3.05) is 92.5 Å². The Morgan fingerprint density at radius 1 is 0.607 bits per heavy atom. The molecule has 2 unspecified atom stereocenters. The minimum absolute atomic E-state index is 0.159. The first-order valence-electron chi connectivity index (χ1n) is 9.78. The Bertz CT molecular complexity index is 334. The molecule has 1 aliphatic rings. The zero-order valence-corrected chi connectivity index (χ0v) is 16.9. The van der Waals surface area contributed by atoms with Crippen LogP contribution in [0, 0.1) is 0 Å². The summed E-state index contributed by atoms with van der Waals surface area (Å²) in [5, 5.41) is 0. The number of hydrogen-bond donors (Lipinski definition) is 0. The summed E-state index contributed by atoms with van der Waals surface area (Å²) in [4.78, 5) is 0. The van der Waals surface area contributed by atoms with Crippen LogP contribution < -0.4 is 0 Å². The number of ether oxygens (including phenoxy) is 8.